The van der Waals surface area contributed by atoms with E-state index in [1.165, 1.54) is 20.8 Å². The number of carboxylic acids is 1. The summed E-state index contributed by atoms with van der Waals surface area (Å²) in [6.07, 6.45) is -4.47. The van der Waals surface area contributed by atoms with E-state index >= 15 is 0 Å². The molecule has 100 valence electrons. The van der Waals surface area contributed by atoms with Crippen LogP contribution in [0.2, 0.25) is 0 Å². The van der Waals surface area contributed by atoms with Gasteiger partial charge in [0.25, 0.3) is 0 Å². The van der Waals surface area contributed by atoms with Gasteiger partial charge < -0.3 is 10.0 Å². The quantitative estimate of drug-likeness (QED) is 0.814. The Balaban J connectivity index is 4.70. The number of aliphatic carboxylic acids is 1. The van der Waals surface area contributed by atoms with Crippen LogP contribution >= 0.6 is 0 Å². The minimum Gasteiger partial charge on any atom is -0.481 e. The van der Waals surface area contributed by atoms with Crippen LogP contribution in [0, 0.1) is 11.8 Å². The first-order valence-electron chi connectivity index (χ1n) is 5.18. The number of hydrogen-bond donors (Lipinski definition) is 1. The maximum Gasteiger partial charge on any atom is 0.406 e. The SMILES string of the molecule is CCN(CC(F)(F)F)C(=O)C(C)C(C)C(=O)O. The fourth-order valence-corrected chi connectivity index (χ4v) is 1.28. The van der Waals surface area contributed by atoms with Gasteiger partial charge in [0.15, 0.2) is 0 Å². The topological polar surface area (TPSA) is 57.6 Å². The zero-order valence-corrected chi connectivity index (χ0v) is 9.91. The maximum absolute atomic E-state index is 12.2. The molecule has 0 aliphatic heterocycles. The second kappa shape index (κ2) is 5.88. The molecule has 0 aromatic carbocycles. The van der Waals surface area contributed by atoms with E-state index in [1.807, 2.05) is 0 Å². The first-order valence-corrected chi connectivity index (χ1v) is 5.18. The van der Waals surface area contributed by atoms with E-state index in [0.717, 1.165) is 0 Å². The minimum atomic E-state index is -4.47. The summed E-state index contributed by atoms with van der Waals surface area (Å²) in [6.45, 7) is 2.59. The molecule has 0 fully saturated rings. The molecule has 0 radical (unpaired) electrons. The normalized spacial score (nSPS) is 15.2. The summed E-state index contributed by atoms with van der Waals surface area (Å²) >= 11 is 0. The van der Waals surface area contributed by atoms with Crippen molar-refractivity contribution in [1.29, 1.82) is 0 Å². The molecule has 7 heteroatoms. The largest absolute Gasteiger partial charge is 0.481 e. The molecule has 1 amide bonds. The lowest BCUT2D eigenvalue weighted by Gasteiger charge is -2.26. The van der Waals surface area contributed by atoms with Gasteiger partial charge in [-0.05, 0) is 6.92 Å². The summed E-state index contributed by atoms with van der Waals surface area (Å²) in [5, 5.41) is 8.70. The molecular formula is C10H16F3NO3. The Kier molecular flexibility index (Phi) is 5.44. The maximum atomic E-state index is 12.2. The minimum absolute atomic E-state index is 0.102. The highest BCUT2D eigenvalue weighted by Crippen LogP contribution is 2.20. The predicted octanol–water partition coefficient (Wildman–Crippen LogP) is 1.75. The molecule has 0 aromatic heterocycles. The number of hydrogen-bond acceptors (Lipinski definition) is 2. The van der Waals surface area contributed by atoms with Crippen LogP contribution in [-0.2, 0) is 9.59 Å². The Morgan fingerprint density at radius 2 is 1.71 bits per heavy atom. The number of halogens is 3. The van der Waals surface area contributed by atoms with Crippen LogP contribution in [0.1, 0.15) is 20.8 Å². The van der Waals surface area contributed by atoms with Gasteiger partial charge in [-0.1, -0.05) is 13.8 Å². The van der Waals surface area contributed by atoms with Gasteiger partial charge in [0.1, 0.15) is 6.54 Å². The molecule has 0 aromatic rings. The molecule has 0 saturated heterocycles. The van der Waals surface area contributed by atoms with E-state index in [0.29, 0.717) is 4.90 Å². The summed E-state index contributed by atoms with van der Waals surface area (Å²) in [4.78, 5) is 22.9. The summed E-state index contributed by atoms with van der Waals surface area (Å²) in [7, 11) is 0. The first kappa shape index (κ1) is 15.7. The average molecular weight is 255 g/mol. The molecule has 2 atom stereocenters. The molecule has 4 nitrogen and oxygen atoms in total. The number of nitrogens with zero attached hydrogens (tertiary/aromatic N) is 1. The van der Waals surface area contributed by atoms with Crippen molar-refractivity contribution in [2.24, 2.45) is 11.8 Å². The van der Waals surface area contributed by atoms with Crippen molar-refractivity contribution < 1.29 is 27.9 Å². The van der Waals surface area contributed by atoms with Crippen molar-refractivity contribution in [3.8, 4) is 0 Å². The van der Waals surface area contributed by atoms with Crippen molar-refractivity contribution in [2.75, 3.05) is 13.1 Å². The van der Waals surface area contributed by atoms with Gasteiger partial charge >= 0.3 is 12.1 Å². The third-order valence-corrected chi connectivity index (χ3v) is 2.59. The van der Waals surface area contributed by atoms with Crippen molar-refractivity contribution in [3.63, 3.8) is 0 Å². The van der Waals surface area contributed by atoms with Crippen LogP contribution in [0.15, 0.2) is 0 Å². The fraction of sp³-hybridized carbons (Fsp3) is 0.800. The van der Waals surface area contributed by atoms with Crippen LogP contribution in [0.4, 0.5) is 13.2 Å². The Hall–Kier alpha value is -1.27. The van der Waals surface area contributed by atoms with Crippen molar-refractivity contribution in [2.45, 2.75) is 26.9 Å². The number of carbonyl (C=O) groups excluding carboxylic acids is 1. The summed E-state index contributed by atoms with van der Waals surface area (Å²) in [5.74, 6) is -3.98. The zero-order chi connectivity index (χ0) is 13.8. The van der Waals surface area contributed by atoms with Gasteiger partial charge in [-0.3, -0.25) is 9.59 Å². The lowest BCUT2D eigenvalue weighted by molar-refractivity contribution is -0.165. The second-order valence-electron chi connectivity index (χ2n) is 3.88. The van der Waals surface area contributed by atoms with E-state index in [-0.39, 0.29) is 6.54 Å². The van der Waals surface area contributed by atoms with Gasteiger partial charge in [-0.25, -0.2) is 0 Å². The molecule has 17 heavy (non-hydrogen) atoms. The average Bonchev–Trinajstić information content (AvgIpc) is 2.21. The lowest BCUT2D eigenvalue weighted by atomic mass is 9.94. The molecule has 0 spiro atoms. The Morgan fingerprint density at radius 1 is 1.24 bits per heavy atom. The summed E-state index contributed by atoms with van der Waals surface area (Å²) in [6, 6.07) is 0. The fourth-order valence-electron chi connectivity index (χ4n) is 1.28. The van der Waals surface area contributed by atoms with Crippen LogP contribution in [-0.4, -0.2) is 41.1 Å². The molecule has 0 rings (SSSR count). The number of rotatable bonds is 5. The van der Waals surface area contributed by atoms with Gasteiger partial charge in [-0.2, -0.15) is 13.2 Å². The molecule has 0 aliphatic carbocycles. The van der Waals surface area contributed by atoms with Crippen molar-refractivity contribution in [3.05, 3.63) is 0 Å². The third kappa shape index (κ3) is 5.06. The third-order valence-electron chi connectivity index (χ3n) is 2.59. The highest BCUT2D eigenvalue weighted by Gasteiger charge is 2.36. The summed E-state index contributed by atoms with van der Waals surface area (Å²) < 4.78 is 36.5. The van der Waals surface area contributed by atoms with Gasteiger partial charge in [-0.15, -0.1) is 0 Å². The number of carbonyl (C=O) groups is 2. The van der Waals surface area contributed by atoms with Gasteiger partial charge in [0.05, 0.1) is 5.92 Å². The molecule has 2 unspecified atom stereocenters. The van der Waals surface area contributed by atoms with E-state index in [4.69, 9.17) is 5.11 Å². The number of amides is 1. The Morgan fingerprint density at radius 3 is 2.00 bits per heavy atom. The highest BCUT2D eigenvalue weighted by molar-refractivity contribution is 5.84. The van der Waals surface area contributed by atoms with E-state index in [9.17, 15) is 22.8 Å². The number of carboxylic acid groups (broad SMARTS) is 1. The van der Waals surface area contributed by atoms with E-state index < -0.39 is 36.4 Å². The van der Waals surface area contributed by atoms with E-state index in [2.05, 4.69) is 0 Å². The van der Waals surface area contributed by atoms with Gasteiger partial charge in [0, 0.05) is 12.5 Å². The van der Waals surface area contributed by atoms with Crippen LogP contribution in [0.5, 0.6) is 0 Å². The van der Waals surface area contributed by atoms with Gasteiger partial charge in [0.2, 0.25) is 5.91 Å². The van der Waals surface area contributed by atoms with Crippen molar-refractivity contribution >= 4 is 11.9 Å². The standard InChI is InChI=1S/C10H16F3NO3/c1-4-14(5-10(11,12)13)8(15)6(2)7(3)9(16)17/h6-7H,4-5H2,1-3H3,(H,16,17). The number of alkyl halides is 3. The van der Waals surface area contributed by atoms with Crippen LogP contribution < -0.4 is 0 Å². The second-order valence-corrected chi connectivity index (χ2v) is 3.88. The summed E-state index contributed by atoms with van der Waals surface area (Å²) in [5.41, 5.74) is 0. The van der Waals surface area contributed by atoms with Crippen LogP contribution in [0.25, 0.3) is 0 Å². The molecular weight excluding hydrogens is 239 g/mol. The molecule has 0 bridgehead atoms. The first-order chi connectivity index (χ1) is 7.60. The predicted molar refractivity (Wildman–Crippen MR) is 54.3 cm³/mol. The Bertz CT molecular complexity index is 291. The van der Waals surface area contributed by atoms with Crippen LogP contribution in [0.3, 0.4) is 0 Å². The smallest absolute Gasteiger partial charge is 0.406 e. The molecule has 0 aliphatic rings. The monoisotopic (exact) mass is 255 g/mol. The molecule has 0 saturated carbocycles. The van der Waals surface area contributed by atoms with E-state index in [1.54, 1.807) is 0 Å². The molecule has 1 N–H and O–H groups in total. The zero-order valence-electron chi connectivity index (χ0n) is 9.91. The highest BCUT2D eigenvalue weighted by atomic mass is 19.4. The molecule has 0 heterocycles. The van der Waals surface area contributed by atoms with Crippen molar-refractivity contribution in [1.82, 2.24) is 4.90 Å². The lowest BCUT2D eigenvalue weighted by Crippen LogP contribution is -2.43. The Labute approximate surface area is 97.4 Å².